The average Bonchev–Trinajstić information content (AvgIpc) is 3.11. The van der Waals surface area contributed by atoms with Gasteiger partial charge >= 0.3 is 0 Å². The molecule has 0 amide bonds. The number of furan rings is 1. The van der Waals surface area contributed by atoms with E-state index in [2.05, 4.69) is 22.5 Å². The van der Waals surface area contributed by atoms with Crippen molar-refractivity contribution in [2.75, 3.05) is 6.54 Å². The van der Waals surface area contributed by atoms with Gasteiger partial charge in [0.1, 0.15) is 11.5 Å². The molecule has 3 nitrogen and oxygen atoms in total. The molecule has 2 aromatic rings. The van der Waals surface area contributed by atoms with Gasteiger partial charge < -0.3 is 4.42 Å². The van der Waals surface area contributed by atoms with Crippen LogP contribution < -0.4 is 0 Å². The molecule has 1 fully saturated rings. The zero-order valence-electron chi connectivity index (χ0n) is 11.2. The Bertz CT molecular complexity index is 584. The molecule has 0 bridgehead atoms. The number of thiophene rings is 1. The topological polar surface area (TPSA) is 42.6 Å². The van der Waals surface area contributed by atoms with Gasteiger partial charge in [0, 0.05) is 42.3 Å². The fraction of sp³-hybridized carbons (Fsp3) is 0.375. The molecule has 3 rings (SSSR count). The lowest BCUT2D eigenvalue weighted by Crippen LogP contribution is -2.21. The van der Waals surface area contributed by atoms with Crippen LogP contribution in [-0.2, 0) is 11.2 Å². The molecule has 0 aromatic carbocycles. The molecule has 104 valence electrons. The predicted molar refractivity (Wildman–Crippen MR) is 80.6 cm³/mol. The lowest BCUT2D eigenvalue weighted by atomic mass is 9.85. The maximum Gasteiger partial charge on any atom is 0.139 e. The Morgan fingerprint density at radius 2 is 2.25 bits per heavy atom. The molecule has 1 aliphatic rings. The van der Waals surface area contributed by atoms with Crippen molar-refractivity contribution in [3.63, 3.8) is 0 Å². The summed E-state index contributed by atoms with van der Waals surface area (Å²) in [4.78, 5) is 17.8. The van der Waals surface area contributed by atoms with Gasteiger partial charge in [-0.15, -0.1) is 11.3 Å². The van der Waals surface area contributed by atoms with E-state index in [0.717, 1.165) is 30.9 Å². The van der Waals surface area contributed by atoms with Crippen LogP contribution in [0.25, 0.3) is 0 Å². The molecule has 0 N–H and O–H groups in total. The van der Waals surface area contributed by atoms with E-state index in [1.165, 1.54) is 4.88 Å². The van der Waals surface area contributed by atoms with Crippen molar-refractivity contribution in [1.29, 1.82) is 0 Å². The third kappa shape index (κ3) is 3.25. The maximum absolute atomic E-state index is 11.9. The maximum atomic E-state index is 11.9. The van der Waals surface area contributed by atoms with Gasteiger partial charge in [0.2, 0.25) is 0 Å². The highest BCUT2D eigenvalue weighted by molar-refractivity contribution is 7.09. The first kappa shape index (κ1) is 13.3. The summed E-state index contributed by atoms with van der Waals surface area (Å²) in [5.74, 6) is 1.35. The van der Waals surface area contributed by atoms with E-state index in [4.69, 9.17) is 4.42 Å². The van der Waals surface area contributed by atoms with Crippen molar-refractivity contribution in [3.05, 3.63) is 46.5 Å². The summed E-state index contributed by atoms with van der Waals surface area (Å²) in [6.07, 6.45) is 4.57. The fourth-order valence-corrected chi connectivity index (χ4v) is 3.33. The van der Waals surface area contributed by atoms with Crippen molar-refractivity contribution in [2.24, 2.45) is 4.99 Å². The number of hydrogen-bond acceptors (Lipinski definition) is 4. The summed E-state index contributed by atoms with van der Waals surface area (Å²) in [6, 6.07) is 8.02. The van der Waals surface area contributed by atoms with Crippen LogP contribution in [0.15, 0.2) is 45.3 Å². The van der Waals surface area contributed by atoms with E-state index in [0.29, 0.717) is 12.8 Å². The lowest BCUT2D eigenvalue weighted by Gasteiger charge is -2.20. The Balaban J connectivity index is 1.62. The molecule has 0 aliphatic heterocycles. The fourth-order valence-electron chi connectivity index (χ4n) is 2.63. The second kappa shape index (κ2) is 6.18. The summed E-state index contributed by atoms with van der Waals surface area (Å²) in [5.41, 5.74) is 1.03. The van der Waals surface area contributed by atoms with Crippen molar-refractivity contribution < 1.29 is 9.21 Å². The molecule has 2 heterocycles. The molecule has 1 atom stereocenters. The lowest BCUT2D eigenvalue weighted by molar-refractivity contribution is -0.118. The van der Waals surface area contributed by atoms with E-state index in [1.807, 2.05) is 12.1 Å². The number of Topliss-reactive ketones (excluding diaryl/α,β-unsaturated/α-hetero) is 1. The van der Waals surface area contributed by atoms with Crippen molar-refractivity contribution >= 4 is 22.8 Å². The first-order valence-electron chi connectivity index (χ1n) is 6.91. The molecule has 20 heavy (non-hydrogen) atoms. The quantitative estimate of drug-likeness (QED) is 0.857. The molecule has 0 saturated heterocycles. The largest absolute Gasteiger partial charge is 0.469 e. The van der Waals surface area contributed by atoms with Gasteiger partial charge in [-0.3, -0.25) is 9.79 Å². The van der Waals surface area contributed by atoms with Crippen LogP contribution in [0.2, 0.25) is 0 Å². The molecule has 4 heteroatoms. The summed E-state index contributed by atoms with van der Waals surface area (Å²) in [7, 11) is 0. The number of ketones is 1. The zero-order chi connectivity index (χ0) is 13.8. The number of rotatable bonds is 4. The van der Waals surface area contributed by atoms with Crippen LogP contribution in [0.5, 0.6) is 0 Å². The number of hydrogen-bond donors (Lipinski definition) is 0. The molecular formula is C16H17NO2S. The number of carbonyl (C=O) groups excluding carboxylic acids is 1. The van der Waals surface area contributed by atoms with Crippen LogP contribution in [0, 0.1) is 0 Å². The van der Waals surface area contributed by atoms with Crippen molar-refractivity contribution in [1.82, 2.24) is 0 Å². The highest BCUT2D eigenvalue weighted by Gasteiger charge is 2.26. The van der Waals surface area contributed by atoms with Gasteiger partial charge in [0.05, 0.1) is 6.26 Å². The number of nitrogens with zero attached hydrogens (tertiary/aromatic N) is 1. The van der Waals surface area contributed by atoms with Crippen molar-refractivity contribution in [2.45, 2.75) is 31.6 Å². The second-order valence-electron chi connectivity index (χ2n) is 5.11. The number of aliphatic imine (C=N–C) groups is 1. The molecule has 1 saturated carbocycles. The molecule has 1 aliphatic carbocycles. The van der Waals surface area contributed by atoms with Crippen LogP contribution >= 0.6 is 11.3 Å². The van der Waals surface area contributed by atoms with Gasteiger partial charge in [0.15, 0.2) is 0 Å². The van der Waals surface area contributed by atoms with E-state index in [1.54, 1.807) is 17.6 Å². The summed E-state index contributed by atoms with van der Waals surface area (Å²) < 4.78 is 5.43. The standard InChI is InChI=1S/C16H17NO2S/c18-14-10-12(16-4-1-7-19-16)9-13(11-14)17-6-5-15-3-2-8-20-15/h1-4,7-8,12H,5-6,9-11H2/t12-/m0/s1. The van der Waals surface area contributed by atoms with E-state index in [-0.39, 0.29) is 11.7 Å². The van der Waals surface area contributed by atoms with Crippen molar-refractivity contribution in [3.8, 4) is 0 Å². The summed E-state index contributed by atoms with van der Waals surface area (Å²) in [5, 5.41) is 2.08. The van der Waals surface area contributed by atoms with Gasteiger partial charge in [-0.2, -0.15) is 0 Å². The molecule has 2 aromatic heterocycles. The predicted octanol–water partition coefficient (Wildman–Crippen LogP) is 3.86. The monoisotopic (exact) mass is 287 g/mol. The van der Waals surface area contributed by atoms with Gasteiger partial charge in [-0.1, -0.05) is 6.07 Å². The van der Waals surface area contributed by atoms with Crippen LogP contribution in [-0.4, -0.2) is 18.0 Å². The van der Waals surface area contributed by atoms with Gasteiger partial charge in [-0.25, -0.2) is 0 Å². The van der Waals surface area contributed by atoms with Crippen LogP contribution in [0.4, 0.5) is 0 Å². The van der Waals surface area contributed by atoms with Crippen LogP contribution in [0.1, 0.15) is 35.8 Å². The first-order valence-corrected chi connectivity index (χ1v) is 7.79. The Kier molecular flexibility index (Phi) is 4.11. The average molecular weight is 287 g/mol. The Morgan fingerprint density at radius 1 is 1.30 bits per heavy atom. The normalized spacial score (nSPS) is 21.5. The Labute approximate surface area is 122 Å². The Morgan fingerprint density at radius 3 is 3.00 bits per heavy atom. The van der Waals surface area contributed by atoms with E-state index >= 15 is 0 Å². The smallest absolute Gasteiger partial charge is 0.139 e. The number of carbonyl (C=O) groups is 1. The first-order chi connectivity index (χ1) is 9.81. The Hall–Kier alpha value is -1.68. The van der Waals surface area contributed by atoms with Gasteiger partial charge in [0.25, 0.3) is 0 Å². The van der Waals surface area contributed by atoms with E-state index < -0.39 is 0 Å². The zero-order valence-corrected chi connectivity index (χ0v) is 12.1. The van der Waals surface area contributed by atoms with Crippen LogP contribution in [0.3, 0.4) is 0 Å². The minimum atomic E-state index is 0.173. The summed E-state index contributed by atoms with van der Waals surface area (Å²) >= 11 is 1.76. The van der Waals surface area contributed by atoms with E-state index in [9.17, 15) is 4.79 Å². The molecule has 0 radical (unpaired) electrons. The highest BCUT2D eigenvalue weighted by atomic mass is 32.1. The van der Waals surface area contributed by atoms with Gasteiger partial charge in [-0.05, 0) is 30.0 Å². The molecular weight excluding hydrogens is 270 g/mol. The SMILES string of the molecule is O=C1CC(=NCCc2cccs2)C[C@H](c2ccco2)C1. The molecule has 0 spiro atoms. The third-order valence-electron chi connectivity index (χ3n) is 3.58. The minimum Gasteiger partial charge on any atom is -0.469 e. The highest BCUT2D eigenvalue weighted by Crippen LogP contribution is 2.30. The second-order valence-corrected chi connectivity index (χ2v) is 6.15. The minimum absolute atomic E-state index is 0.173. The summed E-state index contributed by atoms with van der Waals surface area (Å²) in [6.45, 7) is 0.772. The third-order valence-corrected chi connectivity index (χ3v) is 4.51. The molecule has 0 unspecified atom stereocenters.